The summed E-state index contributed by atoms with van der Waals surface area (Å²) in [4.78, 5) is 32.2. The first-order valence-electron chi connectivity index (χ1n) is 9.63. The van der Waals surface area contributed by atoms with Crippen molar-refractivity contribution in [3.05, 3.63) is 94.4 Å². The molecule has 0 aliphatic carbocycles. The molecule has 0 saturated carbocycles. The Morgan fingerprint density at radius 3 is 2.71 bits per heavy atom. The number of carbonyl (C=O) groups excluding carboxylic acids is 1. The first kappa shape index (κ1) is 18.7. The normalized spacial score (nSPS) is 11.3. The van der Waals surface area contributed by atoms with Crippen LogP contribution in [-0.2, 0) is 0 Å². The fourth-order valence-electron chi connectivity index (χ4n) is 4.04. The Bertz CT molecular complexity index is 1570. The van der Waals surface area contributed by atoms with Crippen LogP contribution in [0.3, 0.4) is 0 Å². The number of nitrogens with zero attached hydrogens (tertiary/aromatic N) is 2. The van der Waals surface area contributed by atoms with Gasteiger partial charge in [-0.15, -0.1) is 0 Å². The second-order valence-corrected chi connectivity index (χ2v) is 7.32. The van der Waals surface area contributed by atoms with E-state index in [0.29, 0.717) is 22.3 Å². The molecule has 3 N–H and O–H groups in total. The second-order valence-electron chi connectivity index (χ2n) is 7.32. The van der Waals surface area contributed by atoms with Crippen LogP contribution in [0, 0.1) is 12.7 Å². The van der Waals surface area contributed by atoms with Gasteiger partial charge in [0.1, 0.15) is 12.1 Å². The highest BCUT2D eigenvalue weighted by Crippen LogP contribution is 2.34. The average Bonchev–Trinajstić information content (AvgIpc) is 3.24. The third kappa shape index (κ3) is 2.90. The molecule has 31 heavy (non-hydrogen) atoms. The third-order valence-corrected chi connectivity index (χ3v) is 5.56. The average molecular weight is 412 g/mol. The Balaban J connectivity index is 1.74. The molecule has 7 heteroatoms. The number of H-pyrrole nitrogens is 1. The third-order valence-electron chi connectivity index (χ3n) is 5.56. The number of fused-ring (bicyclic) bond motifs is 2. The fraction of sp³-hybridized carbons (Fsp3) is 0.0417. The lowest BCUT2D eigenvalue weighted by atomic mass is 9.94. The summed E-state index contributed by atoms with van der Waals surface area (Å²) in [7, 11) is 0. The molecular formula is C24H17FN4O2. The van der Waals surface area contributed by atoms with Gasteiger partial charge in [-0.05, 0) is 60.0 Å². The molecule has 0 saturated heterocycles. The summed E-state index contributed by atoms with van der Waals surface area (Å²) in [6.07, 6.45) is 3.21. The summed E-state index contributed by atoms with van der Waals surface area (Å²) in [6, 6.07) is 15.0. The van der Waals surface area contributed by atoms with Gasteiger partial charge in [0.2, 0.25) is 0 Å². The van der Waals surface area contributed by atoms with E-state index in [4.69, 9.17) is 5.73 Å². The maximum atomic E-state index is 13.7. The number of hydrogen-bond donors (Lipinski definition) is 2. The highest BCUT2D eigenvalue weighted by molar-refractivity contribution is 6.09. The van der Waals surface area contributed by atoms with Gasteiger partial charge in [-0.2, -0.15) is 0 Å². The van der Waals surface area contributed by atoms with E-state index < -0.39 is 11.7 Å². The molecule has 0 bridgehead atoms. The van der Waals surface area contributed by atoms with Crippen LogP contribution in [0.4, 0.5) is 4.39 Å². The highest BCUT2D eigenvalue weighted by atomic mass is 19.1. The first-order chi connectivity index (χ1) is 15.0. The van der Waals surface area contributed by atoms with Crippen molar-refractivity contribution in [2.75, 3.05) is 0 Å². The van der Waals surface area contributed by atoms with Crippen LogP contribution in [-0.4, -0.2) is 20.4 Å². The zero-order valence-electron chi connectivity index (χ0n) is 16.5. The molecule has 3 aromatic carbocycles. The summed E-state index contributed by atoms with van der Waals surface area (Å²) >= 11 is 0. The molecule has 1 amide bonds. The van der Waals surface area contributed by atoms with Crippen molar-refractivity contribution in [2.45, 2.75) is 6.92 Å². The minimum Gasteiger partial charge on any atom is -0.366 e. The zero-order valence-corrected chi connectivity index (χ0v) is 16.5. The molecule has 5 aromatic rings. The maximum Gasteiger partial charge on any atom is 0.265 e. The number of benzene rings is 3. The molecular weight excluding hydrogens is 395 g/mol. The largest absolute Gasteiger partial charge is 0.366 e. The molecule has 0 fully saturated rings. The number of rotatable bonds is 3. The molecule has 0 aliphatic heterocycles. The Kier molecular flexibility index (Phi) is 4.18. The van der Waals surface area contributed by atoms with Crippen molar-refractivity contribution in [2.24, 2.45) is 5.73 Å². The number of hydrogen-bond acceptors (Lipinski definition) is 3. The van der Waals surface area contributed by atoms with Gasteiger partial charge in [-0.1, -0.05) is 18.2 Å². The summed E-state index contributed by atoms with van der Waals surface area (Å²) in [5.41, 5.74) is 9.94. The topological polar surface area (TPSA) is 93.8 Å². The predicted octanol–water partition coefficient (Wildman–Crippen LogP) is 4.08. The molecule has 2 aromatic heterocycles. The molecule has 152 valence electrons. The van der Waals surface area contributed by atoms with Crippen molar-refractivity contribution in [1.29, 1.82) is 0 Å². The SMILES string of the molecule is Cc1c(-c2ccc(C(N)=O)c3[nH]ccc23)cccc1-n1cnc2ccc(F)cc2c1=O. The molecule has 5 rings (SSSR count). The van der Waals surface area contributed by atoms with Gasteiger partial charge in [0.15, 0.2) is 0 Å². The van der Waals surface area contributed by atoms with Gasteiger partial charge >= 0.3 is 0 Å². The van der Waals surface area contributed by atoms with Crippen molar-refractivity contribution in [3.8, 4) is 16.8 Å². The lowest BCUT2D eigenvalue weighted by molar-refractivity contribution is 0.100. The smallest absolute Gasteiger partial charge is 0.265 e. The standard InChI is InChI=1S/C24H17FN4O2/c1-13-15(16-6-7-18(23(26)30)22-17(16)9-10-27-22)3-2-4-21(13)29-12-28-20-8-5-14(25)11-19(20)24(29)31/h2-12,27H,1H3,(H2,26,30). The number of carbonyl (C=O) groups is 1. The van der Waals surface area contributed by atoms with E-state index in [0.717, 1.165) is 22.1 Å². The van der Waals surface area contributed by atoms with Gasteiger partial charge in [0, 0.05) is 11.6 Å². The van der Waals surface area contributed by atoms with Gasteiger partial charge in [0.05, 0.1) is 27.7 Å². The van der Waals surface area contributed by atoms with Gasteiger partial charge in [0.25, 0.3) is 11.5 Å². The minimum absolute atomic E-state index is 0.214. The fourth-order valence-corrected chi connectivity index (χ4v) is 4.04. The summed E-state index contributed by atoms with van der Waals surface area (Å²) in [5, 5.41) is 1.06. The van der Waals surface area contributed by atoms with Crippen LogP contribution >= 0.6 is 0 Å². The Morgan fingerprint density at radius 1 is 1.06 bits per heavy atom. The predicted molar refractivity (Wildman–Crippen MR) is 118 cm³/mol. The van der Waals surface area contributed by atoms with E-state index in [-0.39, 0.29) is 10.9 Å². The lowest BCUT2D eigenvalue weighted by Crippen LogP contribution is -2.20. The summed E-state index contributed by atoms with van der Waals surface area (Å²) in [5.74, 6) is -0.996. The maximum absolute atomic E-state index is 13.7. The van der Waals surface area contributed by atoms with E-state index in [2.05, 4.69) is 9.97 Å². The molecule has 6 nitrogen and oxygen atoms in total. The van der Waals surface area contributed by atoms with Crippen LogP contribution in [0.25, 0.3) is 38.6 Å². The van der Waals surface area contributed by atoms with Crippen molar-refractivity contribution >= 4 is 27.7 Å². The lowest BCUT2D eigenvalue weighted by Gasteiger charge is -2.15. The Hall–Kier alpha value is -4.26. The molecule has 0 atom stereocenters. The molecule has 0 spiro atoms. The summed E-state index contributed by atoms with van der Waals surface area (Å²) < 4.78 is 15.1. The number of aromatic nitrogens is 3. The Labute approximate surface area is 175 Å². The second kappa shape index (κ2) is 6.91. The zero-order chi connectivity index (χ0) is 21.7. The van der Waals surface area contributed by atoms with E-state index in [1.54, 1.807) is 12.3 Å². The molecule has 2 heterocycles. The van der Waals surface area contributed by atoms with Crippen LogP contribution in [0.2, 0.25) is 0 Å². The van der Waals surface area contributed by atoms with E-state index in [1.807, 2.05) is 37.3 Å². The van der Waals surface area contributed by atoms with E-state index in [9.17, 15) is 14.0 Å². The van der Waals surface area contributed by atoms with Crippen LogP contribution in [0.15, 0.2) is 71.9 Å². The number of halogens is 1. The van der Waals surface area contributed by atoms with E-state index in [1.165, 1.54) is 29.1 Å². The minimum atomic E-state index is -0.509. The van der Waals surface area contributed by atoms with Crippen LogP contribution in [0.5, 0.6) is 0 Å². The highest BCUT2D eigenvalue weighted by Gasteiger charge is 2.16. The van der Waals surface area contributed by atoms with Gasteiger partial charge in [-0.3, -0.25) is 14.2 Å². The van der Waals surface area contributed by atoms with Crippen molar-refractivity contribution in [1.82, 2.24) is 14.5 Å². The number of nitrogens with one attached hydrogen (secondary N) is 1. The van der Waals surface area contributed by atoms with Crippen molar-refractivity contribution < 1.29 is 9.18 Å². The summed E-state index contributed by atoms with van der Waals surface area (Å²) in [6.45, 7) is 1.91. The van der Waals surface area contributed by atoms with E-state index >= 15 is 0 Å². The molecule has 0 aliphatic rings. The van der Waals surface area contributed by atoms with Gasteiger partial charge in [-0.25, -0.2) is 9.37 Å². The number of primary amides is 1. The number of amides is 1. The Morgan fingerprint density at radius 2 is 1.90 bits per heavy atom. The van der Waals surface area contributed by atoms with Gasteiger partial charge < -0.3 is 10.7 Å². The quantitative estimate of drug-likeness (QED) is 0.468. The van der Waals surface area contributed by atoms with Crippen LogP contribution in [0.1, 0.15) is 15.9 Å². The van der Waals surface area contributed by atoms with Crippen LogP contribution < -0.4 is 11.3 Å². The first-order valence-corrected chi connectivity index (χ1v) is 9.63. The number of aromatic amines is 1. The monoisotopic (exact) mass is 412 g/mol. The molecule has 0 radical (unpaired) electrons. The number of nitrogens with two attached hydrogens (primary N) is 1. The van der Waals surface area contributed by atoms with Crippen molar-refractivity contribution in [3.63, 3.8) is 0 Å². The molecule has 0 unspecified atom stereocenters.